The second kappa shape index (κ2) is 10.3. The molecule has 0 saturated carbocycles. The molecule has 0 spiro atoms. The molecule has 1 N–H and O–H groups in total. The minimum absolute atomic E-state index is 0.0232. The monoisotopic (exact) mass is 418 g/mol. The van der Waals surface area contributed by atoms with Crippen molar-refractivity contribution in [3.8, 4) is 5.75 Å². The van der Waals surface area contributed by atoms with Crippen molar-refractivity contribution in [2.45, 2.75) is 45.8 Å². The highest BCUT2D eigenvalue weighted by atomic mass is 32.2. The summed E-state index contributed by atoms with van der Waals surface area (Å²) in [6.07, 6.45) is 2.73. The number of rotatable bonds is 10. The third-order valence-electron chi connectivity index (χ3n) is 4.30. The molecule has 7 heteroatoms. The van der Waals surface area contributed by atoms with Gasteiger partial charge in [0.05, 0.1) is 18.0 Å². The van der Waals surface area contributed by atoms with E-state index in [4.69, 9.17) is 4.74 Å². The highest BCUT2D eigenvalue weighted by Crippen LogP contribution is 2.22. The molecule has 2 rings (SSSR count). The maximum Gasteiger partial charge on any atom is 0.240 e. The second-order valence-corrected chi connectivity index (χ2v) is 9.33. The van der Waals surface area contributed by atoms with Gasteiger partial charge in [-0.05, 0) is 63.4 Å². The number of nitrogens with one attached hydrogen (secondary N) is 1. The summed E-state index contributed by atoms with van der Waals surface area (Å²) >= 11 is 0. The molecule has 0 saturated heterocycles. The van der Waals surface area contributed by atoms with Crippen LogP contribution < -0.4 is 14.4 Å². The van der Waals surface area contributed by atoms with E-state index in [2.05, 4.69) is 5.32 Å². The van der Waals surface area contributed by atoms with Crippen LogP contribution in [0, 0.1) is 0 Å². The first-order valence-electron chi connectivity index (χ1n) is 9.73. The lowest BCUT2D eigenvalue weighted by molar-refractivity contribution is -0.120. The molecule has 29 heavy (non-hydrogen) atoms. The molecule has 0 bridgehead atoms. The summed E-state index contributed by atoms with van der Waals surface area (Å²) in [6.45, 7) is 5.49. The van der Waals surface area contributed by atoms with E-state index in [0.717, 1.165) is 23.4 Å². The van der Waals surface area contributed by atoms with Crippen LogP contribution in [0.4, 0.5) is 5.69 Å². The molecule has 2 aromatic rings. The van der Waals surface area contributed by atoms with Gasteiger partial charge in [0.15, 0.2) is 0 Å². The van der Waals surface area contributed by atoms with Crippen molar-refractivity contribution in [2.75, 3.05) is 17.1 Å². The Labute approximate surface area is 173 Å². The van der Waals surface area contributed by atoms with Crippen LogP contribution in [-0.4, -0.2) is 39.3 Å². The summed E-state index contributed by atoms with van der Waals surface area (Å²) in [5.41, 5.74) is 1.63. The minimum Gasteiger partial charge on any atom is -0.491 e. The summed E-state index contributed by atoms with van der Waals surface area (Å²) in [7, 11) is -3.61. The fourth-order valence-corrected chi connectivity index (χ4v) is 3.77. The van der Waals surface area contributed by atoms with E-state index in [9.17, 15) is 13.2 Å². The summed E-state index contributed by atoms with van der Waals surface area (Å²) in [5, 5.41) is 2.89. The Morgan fingerprint density at radius 2 is 1.66 bits per heavy atom. The highest BCUT2D eigenvalue weighted by Gasteiger charge is 2.21. The van der Waals surface area contributed by atoms with E-state index in [1.165, 1.54) is 5.56 Å². The molecule has 6 nitrogen and oxygen atoms in total. The SMILES string of the molecule is CC(C)Oc1ccc(N(CC(=O)N[C@H](C)CCc2ccccc2)S(C)(=O)=O)cc1. The van der Waals surface area contributed by atoms with Crippen LogP contribution in [0.25, 0.3) is 0 Å². The number of carbonyl (C=O) groups excluding carboxylic acids is 1. The Kier molecular flexibility index (Phi) is 8.08. The third-order valence-corrected chi connectivity index (χ3v) is 5.44. The van der Waals surface area contributed by atoms with E-state index in [1.807, 2.05) is 51.1 Å². The number of amides is 1. The number of aryl methyl sites for hydroxylation is 1. The molecule has 158 valence electrons. The zero-order valence-electron chi connectivity index (χ0n) is 17.5. The Hall–Kier alpha value is -2.54. The first kappa shape index (κ1) is 22.7. The van der Waals surface area contributed by atoms with Crippen LogP contribution >= 0.6 is 0 Å². The Morgan fingerprint density at radius 1 is 1.03 bits per heavy atom. The smallest absolute Gasteiger partial charge is 0.240 e. The van der Waals surface area contributed by atoms with E-state index in [1.54, 1.807) is 24.3 Å². The predicted molar refractivity (Wildman–Crippen MR) is 117 cm³/mol. The van der Waals surface area contributed by atoms with Crippen molar-refractivity contribution >= 4 is 21.6 Å². The molecule has 0 aliphatic carbocycles. The van der Waals surface area contributed by atoms with Crippen LogP contribution in [0.1, 0.15) is 32.8 Å². The quantitative estimate of drug-likeness (QED) is 0.642. The van der Waals surface area contributed by atoms with E-state index >= 15 is 0 Å². The number of nitrogens with zero attached hydrogens (tertiary/aromatic N) is 1. The van der Waals surface area contributed by atoms with Crippen molar-refractivity contribution in [2.24, 2.45) is 0 Å². The second-order valence-electron chi connectivity index (χ2n) is 7.42. The molecular formula is C22H30N2O4S. The zero-order chi connectivity index (χ0) is 21.4. The molecule has 0 heterocycles. The number of hydrogen-bond donors (Lipinski definition) is 1. The average molecular weight is 419 g/mol. The minimum atomic E-state index is -3.61. The van der Waals surface area contributed by atoms with Gasteiger partial charge in [-0.25, -0.2) is 8.42 Å². The summed E-state index contributed by atoms with van der Waals surface area (Å²) < 4.78 is 31.2. The molecule has 2 aromatic carbocycles. The topological polar surface area (TPSA) is 75.7 Å². The van der Waals surface area contributed by atoms with Gasteiger partial charge in [-0.1, -0.05) is 30.3 Å². The summed E-state index contributed by atoms with van der Waals surface area (Å²) in [6, 6.07) is 16.7. The Bertz CT molecular complexity index is 881. The van der Waals surface area contributed by atoms with Gasteiger partial charge in [0.25, 0.3) is 0 Å². The standard InChI is InChI=1S/C22H30N2O4S/c1-17(2)28-21-14-12-20(13-15-21)24(29(4,26)27)16-22(25)23-18(3)10-11-19-8-6-5-7-9-19/h5-9,12-15,17-18H,10-11,16H2,1-4H3,(H,23,25)/t18-/m1/s1. The maximum atomic E-state index is 12.5. The molecule has 1 amide bonds. The average Bonchev–Trinajstić information content (AvgIpc) is 2.65. The summed E-state index contributed by atoms with van der Waals surface area (Å²) in [5.74, 6) is 0.315. The molecule has 0 aliphatic rings. The number of anilines is 1. The van der Waals surface area contributed by atoms with Crippen LogP contribution in [0.15, 0.2) is 54.6 Å². The van der Waals surface area contributed by atoms with Crippen LogP contribution in [0.3, 0.4) is 0 Å². The van der Waals surface area contributed by atoms with Crippen molar-refractivity contribution in [1.82, 2.24) is 5.32 Å². The molecule has 0 unspecified atom stereocenters. The fraction of sp³-hybridized carbons (Fsp3) is 0.409. The van der Waals surface area contributed by atoms with Gasteiger partial charge in [0, 0.05) is 6.04 Å². The first-order chi connectivity index (χ1) is 13.6. The van der Waals surface area contributed by atoms with Gasteiger partial charge in [-0.3, -0.25) is 9.10 Å². The lowest BCUT2D eigenvalue weighted by Gasteiger charge is -2.23. The predicted octanol–water partition coefficient (Wildman–Crippen LogP) is 3.38. The van der Waals surface area contributed by atoms with Gasteiger partial charge in [0.2, 0.25) is 15.9 Å². The largest absolute Gasteiger partial charge is 0.491 e. The van der Waals surface area contributed by atoms with E-state index in [0.29, 0.717) is 11.4 Å². The van der Waals surface area contributed by atoms with Crippen molar-refractivity contribution in [1.29, 1.82) is 0 Å². The van der Waals surface area contributed by atoms with Crippen molar-refractivity contribution in [3.63, 3.8) is 0 Å². The van der Waals surface area contributed by atoms with Crippen LogP contribution in [0.5, 0.6) is 5.75 Å². The third kappa shape index (κ3) is 7.77. The zero-order valence-corrected chi connectivity index (χ0v) is 18.3. The molecular weight excluding hydrogens is 388 g/mol. The molecule has 0 radical (unpaired) electrons. The van der Waals surface area contributed by atoms with E-state index < -0.39 is 10.0 Å². The number of benzene rings is 2. The van der Waals surface area contributed by atoms with Gasteiger partial charge >= 0.3 is 0 Å². The lowest BCUT2D eigenvalue weighted by atomic mass is 10.1. The Morgan fingerprint density at radius 3 is 2.21 bits per heavy atom. The molecule has 1 atom stereocenters. The highest BCUT2D eigenvalue weighted by molar-refractivity contribution is 7.92. The maximum absolute atomic E-state index is 12.5. The first-order valence-corrected chi connectivity index (χ1v) is 11.6. The van der Waals surface area contributed by atoms with Crippen LogP contribution in [0.2, 0.25) is 0 Å². The lowest BCUT2D eigenvalue weighted by Crippen LogP contribution is -2.43. The number of ether oxygens (including phenoxy) is 1. The normalized spacial score (nSPS) is 12.4. The van der Waals surface area contributed by atoms with Gasteiger partial charge in [0.1, 0.15) is 12.3 Å². The number of hydrogen-bond acceptors (Lipinski definition) is 4. The Balaban J connectivity index is 1.97. The summed E-state index contributed by atoms with van der Waals surface area (Å²) in [4.78, 5) is 12.5. The van der Waals surface area contributed by atoms with Crippen molar-refractivity contribution in [3.05, 3.63) is 60.2 Å². The number of sulfonamides is 1. The van der Waals surface area contributed by atoms with Crippen LogP contribution in [-0.2, 0) is 21.2 Å². The molecule has 0 fully saturated rings. The van der Waals surface area contributed by atoms with Gasteiger partial charge < -0.3 is 10.1 Å². The van der Waals surface area contributed by atoms with Crippen molar-refractivity contribution < 1.29 is 17.9 Å². The molecule has 0 aromatic heterocycles. The van der Waals surface area contributed by atoms with Gasteiger partial charge in [-0.2, -0.15) is 0 Å². The van der Waals surface area contributed by atoms with E-state index in [-0.39, 0.29) is 24.6 Å². The fourth-order valence-electron chi connectivity index (χ4n) is 2.91. The number of carbonyl (C=O) groups is 1. The molecule has 0 aliphatic heterocycles. The van der Waals surface area contributed by atoms with Gasteiger partial charge in [-0.15, -0.1) is 0 Å².